The van der Waals surface area contributed by atoms with Gasteiger partial charge >= 0.3 is 0 Å². The molecule has 0 saturated heterocycles. The zero-order valence-electron chi connectivity index (χ0n) is 11.4. The van der Waals surface area contributed by atoms with Crippen molar-refractivity contribution in [1.29, 1.82) is 5.26 Å². The predicted molar refractivity (Wildman–Crippen MR) is 70.5 cm³/mol. The summed E-state index contributed by atoms with van der Waals surface area (Å²) in [7, 11) is 0. The molecule has 0 aromatic heterocycles. The molecule has 2 fully saturated rings. The summed E-state index contributed by atoms with van der Waals surface area (Å²) in [4.78, 5) is 2.60. The summed E-state index contributed by atoms with van der Waals surface area (Å²) in [5.41, 5.74) is 0. The molecule has 2 aliphatic carbocycles. The Balaban J connectivity index is 1.98. The molecule has 0 heterocycles. The molecule has 3 unspecified atom stereocenters. The lowest BCUT2D eigenvalue weighted by atomic mass is 9.77. The Labute approximate surface area is 106 Å². The molecular formula is C15H26N2. The van der Waals surface area contributed by atoms with Crippen LogP contribution in [0.2, 0.25) is 0 Å². The van der Waals surface area contributed by atoms with Gasteiger partial charge in [0.1, 0.15) is 0 Å². The van der Waals surface area contributed by atoms with E-state index in [0.717, 1.165) is 24.8 Å². The van der Waals surface area contributed by atoms with Crippen LogP contribution in [0.1, 0.15) is 52.4 Å². The maximum Gasteiger partial charge on any atom is 0.0672 e. The molecule has 0 aromatic carbocycles. The molecular weight excluding hydrogens is 208 g/mol. The lowest BCUT2D eigenvalue weighted by molar-refractivity contribution is 0.0999. The summed E-state index contributed by atoms with van der Waals surface area (Å²) in [6.07, 6.45) is 7.77. The highest BCUT2D eigenvalue weighted by Gasteiger charge is 2.35. The van der Waals surface area contributed by atoms with Crippen molar-refractivity contribution in [1.82, 2.24) is 4.90 Å². The first-order valence-corrected chi connectivity index (χ1v) is 7.42. The third-order valence-corrected chi connectivity index (χ3v) is 4.73. The minimum Gasteiger partial charge on any atom is -0.299 e. The first kappa shape index (κ1) is 12.9. The van der Waals surface area contributed by atoms with Crippen LogP contribution in [0.3, 0.4) is 0 Å². The van der Waals surface area contributed by atoms with Gasteiger partial charge in [0.25, 0.3) is 0 Å². The van der Waals surface area contributed by atoms with Gasteiger partial charge in [-0.1, -0.05) is 20.3 Å². The summed E-state index contributed by atoms with van der Waals surface area (Å²) in [6.45, 7) is 6.92. The zero-order valence-corrected chi connectivity index (χ0v) is 11.4. The zero-order chi connectivity index (χ0) is 12.3. The van der Waals surface area contributed by atoms with Crippen molar-refractivity contribution in [3.63, 3.8) is 0 Å². The van der Waals surface area contributed by atoms with E-state index in [-0.39, 0.29) is 5.92 Å². The van der Waals surface area contributed by atoms with E-state index in [9.17, 15) is 5.26 Å². The molecule has 96 valence electrons. The van der Waals surface area contributed by atoms with Gasteiger partial charge in [-0.2, -0.15) is 5.26 Å². The monoisotopic (exact) mass is 234 g/mol. The minimum absolute atomic E-state index is 0.288. The van der Waals surface area contributed by atoms with Crippen LogP contribution >= 0.6 is 0 Å². The van der Waals surface area contributed by atoms with Crippen LogP contribution in [0.4, 0.5) is 0 Å². The summed E-state index contributed by atoms with van der Waals surface area (Å²) in [5, 5.41) is 9.34. The van der Waals surface area contributed by atoms with Crippen molar-refractivity contribution in [2.24, 2.45) is 17.8 Å². The average molecular weight is 234 g/mol. The highest BCUT2D eigenvalue weighted by Crippen LogP contribution is 2.36. The van der Waals surface area contributed by atoms with E-state index in [4.69, 9.17) is 0 Å². The van der Waals surface area contributed by atoms with Crippen LogP contribution in [-0.4, -0.2) is 24.0 Å². The van der Waals surface area contributed by atoms with Gasteiger partial charge in [-0.15, -0.1) is 0 Å². The second-order valence-electron chi connectivity index (χ2n) is 5.92. The van der Waals surface area contributed by atoms with Crippen molar-refractivity contribution < 1.29 is 0 Å². The molecule has 2 aliphatic rings. The molecule has 0 aliphatic heterocycles. The Bertz CT molecular complexity index is 277. The molecule has 3 atom stereocenters. The van der Waals surface area contributed by atoms with E-state index in [0.29, 0.717) is 6.04 Å². The van der Waals surface area contributed by atoms with Gasteiger partial charge in [0, 0.05) is 12.6 Å². The fourth-order valence-corrected chi connectivity index (χ4v) is 3.29. The third-order valence-electron chi connectivity index (χ3n) is 4.73. The Hall–Kier alpha value is -0.550. The van der Waals surface area contributed by atoms with Crippen LogP contribution < -0.4 is 0 Å². The van der Waals surface area contributed by atoms with Gasteiger partial charge < -0.3 is 0 Å². The maximum absolute atomic E-state index is 9.34. The predicted octanol–water partition coefficient (Wildman–Crippen LogP) is 3.44. The molecule has 2 heteroatoms. The molecule has 0 spiro atoms. The van der Waals surface area contributed by atoms with Gasteiger partial charge in [0.2, 0.25) is 0 Å². The Morgan fingerprint density at radius 3 is 2.35 bits per heavy atom. The minimum atomic E-state index is 0.288. The topological polar surface area (TPSA) is 27.0 Å². The molecule has 0 bridgehead atoms. The van der Waals surface area contributed by atoms with Gasteiger partial charge in [-0.05, 0) is 50.5 Å². The van der Waals surface area contributed by atoms with E-state index in [1.807, 2.05) is 0 Å². The largest absolute Gasteiger partial charge is 0.299 e. The molecule has 17 heavy (non-hydrogen) atoms. The Kier molecular flexibility index (Phi) is 4.45. The maximum atomic E-state index is 9.34. The third kappa shape index (κ3) is 3.22. The van der Waals surface area contributed by atoms with E-state index in [1.165, 1.54) is 38.6 Å². The first-order chi connectivity index (χ1) is 8.28. The van der Waals surface area contributed by atoms with Gasteiger partial charge in [0.05, 0.1) is 12.0 Å². The number of hydrogen-bond acceptors (Lipinski definition) is 2. The van der Waals surface area contributed by atoms with Crippen LogP contribution in [0, 0.1) is 29.1 Å². The molecule has 2 rings (SSSR count). The van der Waals surface area contributed by atoms with Crippen molar-refractivity contribution in [3.8, 4) is 6.07 Å². The fourth-order valence-electron chi connectivity index (χ4n) is 3.29. The van der Waals surface area contributed by atoms with Crippen molar-refractivity contribution in [2.75, 3.05) is 13.1 Å². The molecule has 2 nitrogen and oxygen atoms in total. The fraction of sp³-hybridized carbons (Fsp3) is 0.933. The van der Waals surface area contributed by atoms with Crippen LogP contribution in [0.15, 0.2) is 0 Å². The molecule has 0 amide bonds. The van der Waals surface area contributed by atoms with Crippen LogP contribution in [-0.2, 0) is 0 Å². The summed E-state index contributed by atoms with van der Waals surface area (Å²) in [5.74, 6) is 2.09. The molecule has 0 radical (unpaired) electrons. The Morgan fingerprint density at radius 1 is 1.12 bits per heavy atom. The second-order valence-corrected chi connectivity index (χ2v) is 5.92. The molecule has 0 aromatic rings. The molecule has 0 N–H and O–H groups in total. The Morgan fingerprint density at radius 2 is 1.82 bits per heavy atom. The van der Waals surface area contributed by atoms with E-state index in [2.05, 4.69) is 24.8 Å². The quantitative estimate of drug-likeness (QED) is 0.728. The first-order valence-electron chi connectivity index (χ1n) is 7.42. The lowest BCUT2D eigenvalue weighted by Crippen LogP contribution is -2.44. The second kappa shape index (κ2) is 5.87. The normalized spacial score (nSPS) is 33.6. The van der Waals surface area contributed by atoms with Crippen LogP contribution in [0.25, 0.3) is 0 Å². The standard InChI is InChI=1S/C15H26N2/c1-3-12-7-8-14(10-16)15(9-12)17(4-2)11-13-5-6-13/h12-15H,3-9,11H2,1-2H3. The average Bonchev–Trinajstić information content (AvgIpc) is 3.19. The van der Waals surface area contributed by atoms with Crippen LogP contribution in [0.5, 0.6) is 0 Å². The van der Waals surface area contributed by atoms with Gasteiger partial charge in [-0.3, -0.25) is 4.90 Å². The SMILES string of the molecule is CCC1CCC(C#N)C(N(CC)CC2CC2)C1. The van der Waals surface area contributed by atoms with E-state index < -0.39 is 0 Å². The van der Waals surface area contributed by atoms with Crippen molar-refractivity contribution in [2.45, 2.75) is 58.4 Å². The summed E-state index contributed by atoms with van der Waals surface area (Å²) < 4.78 is 0. The van der Waals surface area contributed by atoms with Gasteiger partial charge in [-0.25, -0.2) is 0 Å². The lowest BCUT2D eigenvalue weighted by Gasteiger charge is -2.40. The number of hydrogen-bond donors (Lipinski definition) is 0. The van der Waals surface area contributed by atoms with Crippen molar-refractivity contribution >= 4 is 0 Å². The van der Waals surface area contributed by atoms with Gasteiger partial charge in [0.15, 0.2) is 0 Å². The van der Waals surface area contributed by atoms with Crippen molar-refractivity contribution in [3.05, 3.63) is 0 Å². The number of nitriles is 1. The smallest absolute Gasteiger partial charge is 0.0672 e. The van der Waals surface area contributed by atoms with E-state index >= 15 is 0 Å². The van der Waals surface area contributed by atoms with E-state index in [1.54, 1.807) is 0 Å². The summed E-state index contributed by atoms with van der Waals surface area (Å²) >= 11 is 0. The number of rotatable bonds is 5. The molecule has 2 saturated carbocycles. The highest BCUT2D eigenvalue weighted by molar-refractivity contribution is 4.98. The number of nitrogens with zero attached hydrogens (tertiary/aromatic N) is 2. The summed E-state index contributed by atoms with van der Waals surface area (Å²) in [6, 6.07) is 3.11. The highest BCUT2D eigenvalue weighted by atomic mass is 15.2.